The number of rotatable bonds is 5. The van der Waals surface area contributed by atoms with Gasteiger partial charge in [0.2, 0.25) is 5.91 Å². The van der Waals surface area contributed by atoms with E-state index in [9.17, 15) is 9.59 Å². The highest BCUT2D eigenvalue weighted by atomic mass is 16.5. The number of hydrogen-bond acceptors (Lipinski definition) is 4. The van der Waals surface area contributed by atoms with Crippen LogP contribution in [0.4, 0.5) is 0 Å². The van der Waals surface area contributed by atoms with Crippen molar-refractivity contribution in [3.63, 3.8) is 0 Å². The van der Waals surface area contributed by atoms with Crippen molar-refractivity contribution in [1.82, 2.24) is 10.2 Å². The van der Waals surface area contributed by atoms with Gasteiger partial charge in [0, 0.05) is 26.2 Å². The van der Waals surface area contributed by atoms with Gasteiger partial charge in [0.25, 0.3) is 0 Å². The molecule has 0 radical (unpaired) electrons. The Morgan fingerprint density at radius 2 is 2.44 bits per heavy atom. The highest BCUT2D eigenvalue weighted by Crippen LogP contribution is 2.13. The molecule has 0 aliphatic carbocycles. The zero-order chi connectivity index (χ0) is 12.1. The summed E-state index contributed by atoms with van der Waals surface area (Å²) in [5.41, 5.74) is 0. The smallest absolute Gasteiger partial charge is 0.305 e. The van der Waals surface area contributed by atoms with Crippen molar-refractivity contribution in [2.45, 2.75) is 25.4 Å². The van der Waals surface area contributed by atoms with Crippen LogP contribution >= 0.6 is 0 Å². The van der Waals surface area contributed by atoms with Crippen molar-refractivity contribution in [3.05, 3.63) is 0 Å². The fraction of sp³-hybridized carbons (Fsp3) is 0.800. The van der Waals surface area contributed by atoms with E-state index in [0.29, 0.717) is 19.7 Å². The van der Waals surface area contributed by atoms with E-state index in [2.05, 4.69) is 5.32 Å². The Labute approximate surface area is 94.6 Å². The van der Waals surface area contributed by atoms with Crippen molar-refractivity contribution in [2.75, 3.05) is 26.8 Å². The van der Waals surface area contributed by atoms with E-state index < -0.39 is 12.0 Å². The van der Waals surface area contributed by atoms with Crippen LogP contribution in [0.25, 0.3) is 0 Å². The Hall–Kier alpha value is -1.14. The maximum absolute atomic E-state index is 11.6. The van der Waals surface area contributed by atoms with Gasteiger partial charge in [-0.05, 0) is 6.92 Å². The number of nitrogens with one attached hydrogen (secondary N) is 1. The molecule has 1 aliphatic rings. The molecule has 6 nitrogen and oxygen atoms in total. The lowest BCUT2D eigenvalue weighted by Crippen LogP contribution is -2.59. The lowest BCUT2D eigenvalue weighted by atomic mass is 10.1. The van der Waals surface area contributed by atoms with Gasteiger partial charge in [0.05, 0.1) is 13.0 Å². The second-order valence-electron chi connectivity index (χ2n) is 3.95. The Bertz CT molecular complexity index is 270. The highest BCUT2D eigenvalue weighted by molar-refractivity contribution is 5.86. The van der Waals surface area contributed by atoms with Crippen LogP contribution in [0.3, 0.4) is 0 Å². The first kappa shape index (κ1) is 12.9. The van der Waals surface area contributed by atoms with Crippen LogP contribution in [0.2, 0.25) is 0 Å². The van der Waals surface area contributed by atoms with Crippen molar-refractivity contribution < 1.29 is 19.4 Å². The first-order valence-electron chi connectivity index (χ1n) is 5.30. The van der Waals surface area contributed by atoms with Crippen LogP contribution in [-0.2, 0) is 14.3 Å². The molecule has 1 heterocycles. The van der Waals surface area contributed by atoms with E-state index in [4.69, 9.17) is 9.84 Å². The molecule has 92 valence electrons. The monoisotopic (exact) mass is 230 g/mol. The Balaban J connectivity index is 2.69. The highest BCUT2D eigenvalue weighted by Gasteiger charge is 2.34. The first-order chi connectivity index (χ1) is 7.56. The minimum Gasteiger partial charge on any atom is -0.481 e. The molecule has 1 rings (SSSR count). The van der Waals surface area contributed by atoms with Gasteiger partial charge >= 0.3 is 5.97 Å². The van der Waals surface area contributed by atoms with E-state index in [0.717, 1.165) is 0 Å². The van der Waals surface area contributed by atoms with Crippen LogP contribution in [0.5, 0.6) is 0 Å². The summed E-state index contributed by atoms with van der Waals surface area (Å²) in [4.78, 5) is 24.2. The average molecular weight is 230 g/mol. The lowest BCUT2D eigenvalue weighted by molar-refractivity contribution is -0.144. The van der Waals surface area contributed by atoms with Crippen molar-refractivity contribution in [3.8, 4) is 0 Å². The predicted molar refractivity (Wildman–Crippen MR) is 57.1 cm³/mol. The third-order valence-corrected chi connectivity index (χ3v) is 2.71. The Morgan fingerprint density at radius 1 is 1.75 bits per heavy atom. The van der Waals surface area contributed by atoms with Crippen LogP contribution in [0.1, 0.15) is 13.3 Å². The summed E-state index contributed by atoms with van der Waals surface area (Å²) in [5.74, 6) is -1.17. The molecule has 1 saturated heterocycles. The molecule has 0 bridgehead atoms. The number of nitrogens with zero attached hydrogens (tertiary/aromatic N) is 1. The summed E-state index contributed by atoms with van der Waals surface area (Å²) in [6, 6.07) is -0.545. The molecule has 0 saturated carbocycles. The fourth-order valence-corrected chi connectivity index (χ4v) is 1.97. The molecule has 6 heteroatoms. The van der Waals surface area contributed by atoms with Gasteiger partial charge in [-0.1, -0.05) is 0 Å². The number of carbonyl (C=O) groups is 2. The van der Waals surface area contributed by atoms with Gasteiger partial charge < -0.3 is 15.2 Å². The number of amides is 1. The predicted octanol–water partition coefficient (Wildman–Crippen LogP) is -0.704. The third kappa shape index (κ3) is 3.18. The minimum atomic E-state index is -0.961. The number of ether oxygens (including phenoxy) is 1. The first-order valence-corrected chi connectivity index (χ1v) is 5.30. The molecule has 0 aromatic heterocycles. The Morgan fingerprint density at radius 3 is 3.00 bits per heavy atom. The third-order valence-electron chi connectivity index (χ3n) is 2.71. The summed E-state index contributed by atoms with van der Waals surface area (Å²) >= 11 is 0. The zero-order valence-corrected chi connectivity index (χ0v) is 9.60. The number of carboxylic acid groups (broad SMARTS) is 1. The molecule has 1 aliphatic heterocycles. The summed E-state index contributed by atoms with van der Waals surface area (Å²) in [5, 5.41) is 11.5. The number of carbonyl (C=O) groups excluding carboxylic acids is 1. The van der Waals surface area contributed by atoms with Crippen molar-refractivity contribution >= 4 is 11.9 Å². The quantitative estimate of drug-likeness (QED) is 0.652. The second kappa shape index (κ2) is 5.81. The molecular weight excluding hydrogens is 212 g/mol. The van der Waals surface area contributed by atoms with Gasteiger partial charge in [-0.3, -0.25) is 14.5 Å². The van der Waals surface area contributed by atoms with Gasteiger partial charge in [0.15, 0.2) is 0 Å². The molecule has 0 aromatic rings. The topological polar surface area (TPSA) is 78.9 Å². The number of carboxylic acids is 1. The van der Waals surface area contributed by atoms with E-state index in [1.54, 1.807) is 7.11 Å². The second-order valence-corrected chi connectivity index (χ2v) is 3.95. The van der Waals surface area contributed by atoms with Crippen LogP contribution < -0.4 is 5.32 Å². The molecule has 2 N–H and O–H groups in total. The SMILES string of the molecule is COCC(C)N1CCNC(=O)C1CC(=O)O. The van der Waals surface area contributed by atoms with E-state index >= 15 is 0 Å². The van der Waals surface area contributed by atoms with Crippen LogP contribution in [-0.4, -0.2) is 60.8 Å². The van der Waals surface area contributed by atoms with Gasteiger partial charge in [0.1, 0.15) is 6.04 Å². The fourth-order valence-electron chi connectivity index (χ4n) is 1.97. The van der Waals surface area contributed by atoms with Crippen LogP contribution in [0, 0.1) is 0 Å². The van der Waals surface area contributed by atoms with Gasteiger partial charge in [-0.2, -0.15) is 0 Å². The molecule has 1 fully saturated rings. The molecule has 0 aromatic carbocycles. The standard InChI is InChI=1S/C10H18N2O4/c1-7(6-16-2)12-4-3-11-10(15)8(12)5-9(13)14/h7-8H,3-6H2,1-2H3,(H,11,15)(H,13,14). The Kier molecular flexibility index (Phi) is 4.70. The molecular formula is C10H18N2O4. The summed E-state index contributed by atoms with van der Waals surface area (Å²) < 4.78 is 5.02. The molecule has 1 amide bonds. The van der Waals surface area contributed by atoms with E-state index in [-0.39, 0.29) is 18.4 Å². The normalized spacial score (nSPS) is 23.9. The van der Waals surface area contributed by atoms with Gasteiger partial charge in [-0.25, -0.2) is 0 Å². The number of methoxy groups -OCH3 is 1. The largest absolute Gasteiger partial charge is 0.481 e. The maximum atomic E-state index is 11.6. The van der Waals surface area contributed by atoms with Gasteiger partial charge in [-0.15, -0.1) is 0 Å². The summed E-state index contributed by atoms with van der Waals surface area (Å²) in [7, 11) is 1.59. The molecule has 16 heavy (non-hydrogen) atoms. The summed E-state index contributed by atoms with van der Waals surface area (Å²) in [6.07, 6.45) is -0.167. The van der Waals surface area contributed by atoms with Crippen LogP contribution in [0.15, 0.2) is 0 Å². The molecule has 2 unspecified atom stereocenters. The molecule has 0 spiro atoms. The average Bonchev–Trinajstić information content (AvgIpc) is 2.20. The lowest BCUT2D eigenvalue weighted by Gasteiger charge is -2.38. The number of piperazine rings is 1. The maximum Gasteiger partial charge on any atom is 0.305 e. The summed E-state index contributed by atoms with van der Waals surface area (Å²) in [6.45, 7) is 3.64. The van der Waals surface area contributed by atoms with E-state index in [1.807, 2.05) is 11.8 Å². The van der Waals surface area contributed by atoms with Crippen molar-refractivity contribution in [1.29, 1.82) is 0 Å². The van der Waals surface area contributed by atoms with E-state index in [1.165, 1.54) is 0 Å². The number of aliphatic carboxylic acids is 1. The van der Waals surface area contributed by atoms with Crippen molar-refractivity contribution in [2.24, 2.45) is 0 Å². The molecule has 2 atom stereocenters. The minimum absolute atomic E-state index is 0.0420. The number of hydrogen-bond donors (Lipinski definition) is 2. The zero-order valence-electron chi connectivity index (χ0n) is 9.60.